The highest BCUT2D eigenvalue weighted by molar-refractivity contribution is 7.99. The van der Waals surface area contributed by atoms with Crippen molar-refractivity contribution in [2.75, 3.05) is 17.6 Å². The van der Waals surface area contributed by atoms with Gasteiger partial charge in [0, 0.05) is 23.5 Å². The molecule has 2 aromatic carbocycles. The molecule has 2 N–H and O–H groups in total. The minimum absolute atomic E-state index is 0.204. The fourth-order valence-corrected chi connectivity index (χ4v) is 4.27. The molecule has 134 valence electrons. The smallest absolute Gasteiger partial charge is 0.174 e. The highest BCUT2D eigenvalue weighted by Crippen LogP contribution is 2.38. The number of aliphatic hydroxyl groups is 1. The predicted octanol–water partition coefficient (Wildman–Crippen LogP) is 4.25. The van der Waals surface area contributed by atoms with E-state index in [0.29, 0.717) is 0 Å². The number of benzene rings is 2. The summed E-state index contributed by atoms with van der Waals surface area (Å²) in [5.41, 5.74) is 2.13. The Bertz CT molecular complexity index is 817. The fraction of sp³-hybridized carbons (Fsp3) is 0.286. The van der Waals surface area contributed by atoms with Gasteiger partial charge in [-0.05, 0) is 55.9 Å². The zero-order chi connectivity index (χ0) is 18.6. The molecule has 1 saturated heterocycles. The van der Waals surface area contributed by atoms with Gasteiger partial charge in [-0.1, -0.05) is 42.2 Å². The first-order chi connectivity index (χ1) is 12.4. The van der Waals surface area contributed by atoms with Gasteiger partial charge in [0.2, 0.25) is 0 Å². The Morgan fingerprint density at radius 3 is 2.54 bits per heavy atom. The molecule has 2 aromatic rings. The second-order valence-electron chi connectivity index (χ2n) is 6.64. The van der Waals surface area contributed by atoms with Crippen LogP contribution >= 0.6 is 24.0 Å². The van der Waals surface area contributed by atoms with E-state index in [0.717, 1.165) is 28.7 Å². The van der Waals surface area contributed by atoms with Gasteiger partial charge in [0.25, 0.3) is 0 Å². The number of thiocarbonyl (C=S) groups is 1. The molecule has 1 aliphatic heterocycles. The van der Waals surface area contributed by atoms with Crippen LogP contribution in [0.15, 0.2) is 54.6 Å². The summed E-state index contributed by atoms with van der Waals surface area (Å²) in [5.74, 6) is 6.89. The summed E-state index contributed by atoms with van der Waals surface area (Å²) in [7, 11) is 0. The van der Waals surface area contributed by atoms with Crippen molar-refractivity contribution >= 4 is 34.8 Å². The Morgan fingerprint density at radius 1 is 1.19 bits per heavy atom. The van der Waals surface area contributed by atoms with Crippen molar-refractivity contribution in [2.24, 2.45) is 0 Å². The van der Waals surface area contributed by atoms with Crippen LogP contribution in [0.4, 0.5) is 5.69 Å². The first-order valence-electron chi connectivity index (χ1n) is 8.52. The normalized spacial score (nSPS) is 16.7. The summed E-state index contributed by atoms with van der Waals surface area (Å²) in [4.78, 5) is 2.23. The lowest BCUT2D eigenvalue weighted by Gasteiger charge is -2.27. The van der Waals surface area contributed by atoms with Gasteiger partial charge in [0.05, 0.1) is 0 Å². The molecule has 0 unspecified atom stereocenters. The maximum Gasteiger partial charge on any atom is 0.174 e. The van der Waals surface area contributed by atoms with Crippen LogP contribution in [-0.2, 0) is 0 Å². The average molecular weight is 383 g/mol. The lowest BCUT2D eigenvalue weighted by molar-refractivity contribution is 0.143. The average Bonchev–Trinajstić information content (AvgIpc) is 3.10. The van der Waals surface area contributed by atoms with E-state index < -0.39 is 5.60 Å². The molecular weight excluding hydrogens is 360 g/mol. The van der Waals surface area contributed by atoms with E-state index in [4.69, 9.17) is 12.2 Å². The third-order valence-electron chi connectivity index (χ3n) is 3.89. The van der Waals surface area contributed by atoms with Crippen LogP contribution in [0.1, 0.15) is 30.3 Å². The number of rotatable bonds is 2. The van der Waals surface area contributed by atoms with Crippen LogP contribution in [0, 0.1) is 11.8 Å². The zero-order valence-electron chi connectivity index (χ0n) is 14.9. The molecule has 5 heteroatoms. The van der Waals surface area contributed by atoms with Crippen molar-refractivity contribution in [3.8, 4) is 11.8 Å². The molecule has 3 nitrogen and oxygen atoms in total. The minimum atomic E-state index is -0.980. The van der Waals surface area contributed by atoms with Crippen molar-refractivity contribution in [3.05, 3.63) is 65.7 Å². The third-order valence-corrected chi connectivity index (χ3v) is 5.48. The van der Waals surface area contributed by atoms with Gasteiger partial charge >= 0.3 is 0 Å². The van der Waals surface area contributed by atoms with Crippen LogP contribution in [0.2, 0.25) is 0 Å². The standard InChI is InChI=1S/C21H22N2OS2/c1-21(2,24)13-12-16-8-10-17(11-9-16)19-23(14-15-26-19)20(25)22-18-6-4-3-5-7-18/h3-11,19,24H,14-15H2,1-2H3,(H,22,25)/t19-/m1/s1. The van der Waals surface area contributed by atoms with Gasteiger partial charge in [-0.2, -0.15) is 0 Å². The Kier molecular flexibility index (Phi) is 5.87. The van der Waals surface area contributed by atoms with Gasteiger partial charge in [-0.3, -0.25) is 0 Å². The Labute approximate surface area is 164 Å². The molecule has 0 spiro atoms. The van der Waals surface area contributed by atoms with Crippen LogP contribution in [-0.4, -0.2) is 33.0 Å². The van der Waals surface area contributed by atoms with Gasteiger partial charge in [-0.25, -0.2) is 0 Å². The molecule has 26 heavy (non-hydrogen) atoms. The van der Waals surface area contributed by atoms with Crippen molar-refractivity contribution in [2.45, 2.75) is 24.8 Å². The summed E-state index contributed by atoms with van der Waals surface area (Å²) in [6.07, 6.45) is 0. The molecule has 1 aliphatic rings. The van der Waals surface area contributed by atoms with Gasteiger partial charge in [0.1, 0.15) is 11.0 Å². The van der Waals surface area contributed by atoms with E-state index in [-0.39, 0.29) is 5.37 Å². The van der Waals surface area contributed by atoms with Crippen molar-refractivity contribution in [1.82, 2.24) is 4.90 Å². The molecule has 0 amide bonds. The molecule has 0 bridgehead atoms. The predicted molar refractivity (Wildman–Crippen MR) is 114 cm³/mol. The molecule has 1 fully saturated rings. The molecule has 0 aliphatic carbocycles. The first kappa shape index (κ1) is 18.8. The largest absolute Gasteiger partial charge is 0.378 e. The van der Waals surface area contributed by atoms with E-state index in [1.807, 2.05) is 54.2 Å². The molecule has 0 saturated carbocycles. The number of para-hydroxylation sites is 1. The number of anilines is 1. The highest BCUT2D eigenvalue weighted by atomic mass is 32.2. The second-order valence-corrected chi connectivity index (χ2v) is 8.22. The first-order valence-corrected chi connectivity index (χ1v) is 9.98. The van der Waals surface area contributed by atoms with E-state index in [1.54, 1.807) is 13.8 Å². The van der Waals surface area contributed by atoms with Crippen molar-refractivity contribution in [1.29, 1.82) is 0 Å². The number of thioether (sulfide) groups is 1. The maximum absolute atomic E-state index is 9.72. The molecule has 3 rings (SSSR count). The number of hydrogen-bond acceptors (Lipinski definition) is 3. The van der Waals surface area contributed by atoms with Crippen molar-refractivity contribution < 1.29 is 5.11 Å². The quantitative estimate of drug-likeness (QED) is 0.600. The molecule has 0 aromatic heterocycles. The second kappa shape index (κ2) is 8.13. The van der Waals surface area contributed by atoms with Crippen LogP contribution < -0.4 is 5.32 Å². The van der Waals surface area contributed by atoms with Gasteiger partial charge in [0.15, 0.2) is 5.11 Å². The van der Waals surface area contributed by atoms with Crippen LogP contribution in [0.5, 0.6) is 0 Å². The lowest BCUT2D eigenvalue weighted by Crippen LogP contribution is -2.34. The number of nitrogens with zero attached hydrogens (tertiary/aromatic N) is 1. The fourth-order valence-electron chi connectivity index (χ4n) is 2.63. The van der Waals surface area contributed by atoms with Crippen LogP contribution in [0.25, 0.3) is 0 Å². The number of hydrogen-bond donors (Lipinski definition) is 2. The summed E-state index contributed by atoms with van der Waals surface area (Å²) < 4.78 is 0. The monoisotopic (exact) mass is 382 g/mol. The van der Waals surface area contributed by atoms with Gasteiger partial charge < -0.3 is 15.3 Å². The Hall–Kier alpha value is -2.00. The molecular formula is C21H22N2OS2. The SMILES string of the molecule is CC(C)(O)C#Cc1ccc([C@H]2SCCN2C(=S)Nc2ccccc2)cc1. The summed E-state index contributed by atoms with van der Waals surface area (Å²) in [5, 5.41) is 14.0. The topological polar surface area (TPSA) is 35.5 Å². The molecule has 1 heterocycles. The van der Waals surface area contributed by atoms with Crippen LogP contribution in [0.3, 0.4) is 0 Å². The summed E-state index contributed by atoms with van der Waals surface area (Å²) in [6.45, 7) is 4.29. The molecule has 1 atom stereocenters. The zero-order valence-corrected chi connectivity index (χ0v) is 16.5. The highest BCUT2D eigenvalue weighted by Gasteiger charge is 2.28. The van der Waals surface area contributed by atoms with E-state index in [2.05, 4.69) is 34.2 Å². The van der Waals surface area contributed by atoms with E-state index in [9.17, 15) is 5.11 Å². The van der Waals surface area contributed by atoms with E-state index in [1.165, 1.54) is 5.56 Å². The maximum atomic E-state index is 9.72. The Morgan fingerprint density at radius 2 is 1.88 bits per heavy atom. The summed E-state index contributed by atoms with van der Waals surface area (Å²) >= 11 is 7.52. The Balaban J connectivity index is 1.71. The molecule has 0 radical (unpaired) electrons. The van der Waals surface area contributed by atoms with E-state index >= 15 is 0 Å². The lowest BCUT2D eigenvalue weighted by atomic mass is 10.1. The minimum Gasteiger partial charge on any atom is -0.378 e. The third kappa shape index (κ3) is 5.01. The number of nitrogens with one attached hydrogen (secondary N) is 1. The summed E-state index contributed by atoms with van der Waals surface area (Å²) in [6, 6.07) is 18.2. The van der Waals surface area contributed by atoms with Gasteiger partial charge in [-0.15, -0.1) is 11.8 Å². The van der Waals surface area contributed by atoms with Crippen molar-refractivity contribution in [3.63, 3.8) is 0 Å².